The molecule has 1 aliphatic rings. The van der Waals surface area contributed by atoms with Crippen LogP contribution in [-0.4, -0.2) is 64.1 Å². The molecule has 0 radical (unpaired) electrons. The van der Waals surface area contributed by atoms with Gasteiger partial charge < -0.3 is 14.5 Å². The lowest BCUT2D eigenvalue weighted by molar-refractivity contribution is -0.385. The van der Waals surface area contributed by atoms with E-state index in [2.05, 4.69) is 4.98 Å². The third-order valence-electron chi connectivity index (χ3n) is 5.21. The van der Waals surface area contributed by atoms with Crippen LogP contribution in [0.4, 0.5) is 5.69 Å². The number of aromatic nitrogens is 1. The maximum Gasteiger partial charge on any atom is 0.340 e. The molecule has 12 heteroatoms. The highest BCUT2D eigenvalue weighted by molar-refractivity contribution is 6.23. The molecule has 0 bridgehead atoms. The van der Waals surface area contributed by atoms with Crippen LogP contribution in [0.2, 0.25) is 0 Å². The number of ketones is 1. The van der Waals surface area contributed by atoms with Gasteiger partial charge in [0.25, 0.3) is 17.5 Å². The van der Waals surface area contributed by atoms with E-state index in [1.54, 1.807) is 20.8 Å². The Morgan fingerprint density at radius 2 is 1.74 bits per heavy atom. The monoisotopic (exact) mass is 471 g/mol. The minimum Gasteiger partial charge on any atom is -0.462 e. The Balaban J connectivity index is 1.63. The van der Waals surface area contributed by atoms with Crippen molar-refractivity contribution >= 4 is 35.2 Å². The minimum atomic E-state index is -0.881. The van der Waals surface area contributed by atoms with Crippen molar-refractivity contribution in [1.82, 2.24) is 9.88 Å². The summed E-state index contributed by atoms with van der Waals surface area (Å²) in [4.78, 5) is 76.0. The summed E-state index contributed by atoms with van der Waals surface area (Å²) in [7, 11) is 0. The number of aromatic amines is 1. The fourth-order valence-corrected chi connectivity index (χ4v) is 3.75. The number of nitro groups is 1. The lowest BCUT2D eigenvalue weighted by Crippen LogP contribution is -2.32. The molecular weight excluding hydrogens is 450 g/mol. The van der Waals surface area contributed by atoms with Gasteiger partial charge in [-0.25, -0.2) is 4.79 Å². The summed E-state index contributed by atoms with van der Waals surface area (Å²) in [5.74, 6) is -3.82. The van der Waals surface area contributed by atoms with Crippen LogP contribution in [0.3, 0.4) is 0 Å². The van der Waals surface area contributed by atoms with Gasteiger partial charge in [-0.15, -0.1) is 0 Å². The summed E-state index contributed by atoms with van der Waals surface area (Å²) in [6, 6.07) is 3.70. The Morgan fingerprint density at radius 3 is 2.38 bits per heavy atom. The molecule has 2 aromatic rings. The Labute approximate surface area is 193 Å². The van der Waals surface area contributed by atoms with E-state index in [9.17, 15) is 34.1 Å². The molecule has 2 amide bonds. The van der Waals surface area contributed by atoms with Crippen molar-refractivity contribution in [2.75, 3.05) is 19.8 Å². The van der Waals surface area contributed by atoms with Crippen molar-refractivity contribution < 1.29 is 38.4 Å². The van der Waals surface area contributed by atoms with Gasteiger partial charge in [-0.1, -0.05) is 6.07 Å². The SMILES string of the molecule is CCOC(=O)c1c(C)[nH]c(C)c1C(=O)COC(=O)CCN1C(=O)c2cccc([N+](=O)[O-])c2C1=O. The van der Waals surface area contributed by atoms with Gasteiger partial charge in [-0.2, -0.15) is 0 Å². The Kier molecular flexibility index (Phi) is 6.89. The Morgan fingerprint density at radius 1 is 1.06 bits per heavy atom. The molecule has 0 unspecified atom stereocenters. The van der Waals surface area contributed by atoms with Crippen LogP contribution < -0.4 is 0 Å². The number of nitrogens with one attached hydrogen (secondary N) is 1. The number of ether oxygens (including phenoxy) is 2. The van der Waals surface area contributed by atoms with Crippen molar-refractivity contribution in [3.63, 3.8) is 0 Å². The largest absolute Gasteiger partial charge is 0.462 e. The maximum absolute atomic E-state index is 12.6. The number of imide groups is 1. The molecule has 0 aliphatic carbocycles. The smallest absolute Gasteiger partial charge is 0.340 e. The summed E-state index contributed by atoms with van der Waals surface area (Å²) >= 11 is 0. The number of carbonyl (C=O) groups excluding carboxylic acids is 5. The van der Waals surface area contributed by atoms with Crippen molar-refractivity contribution in [3.05, 3.63) is 62.0 Å². The van der Waals surface area contributed by atoms with Crippen molar-refractivity contribution in [3.8, 4) is 0 Å². The number of Topliss-reactive ketones (excluding diaryl/α,β-unsaturated/α-hetero) is 1. The number of fused-ring (bicyclic) bond motifs is 1. The zero-order chi connectivity index (χ0) is 25.2. The first kappa shape index (κ1) is 24.3. The lowest BCUT2D eigenvalue weighted by atomic mass is 10.1. The van der Waals surface area contributed by atoms with Crippen molar-refractivity contribution in [1.29, 1.82) is 0 Å². The standard InChI is InChI=1S/C22H21N3O9/c1-4-33-22(30)18-12(3)23-11(2)17(18)15(26)10-34-16(27)8-9-24-20(28)13-6-5-7-14(25(31)32)19(13)21(24)29/h5-7,23H,4,8-10H2,1-3H3. The van der Waals surface area contributed by atoms with Crippen LogP contribution in [0, 0.1) is 24.0 Å². The average molecular weight is 471 g/mol. The molecule has 1 aromatic heterocycles. The number of nitrogens with zero attached hydrogens (tertiary/aromatic N) is 2. The van der Waals surface area contributed by atoms with Gasteiger partial charge in [-0.05, 0) is 26.8 Å². The molecule has 178 valence electrons. The highest BCUT2D eigenvalue weighted by Gasteiger charge is 2.40. The minimum absolute atomic E-state index is 0.0522. The van der Waals surface area contributed by atoms with E-state index in [-0.39, 0.29) is 35.4 Å². The zero-order valence-corrected chi connectivity index (χ0v) is 18.6. The third-order valence-corrected chi connectivity index (χ3v) is 5.21. The van der Waals surface area contributed by atoms with E-state index in [0.29, 0.717) is 11.4 Å². The number of aryl methyl sites for hydroxylation is 2. The van der Waals surface area contributed by atoms with Crippen LogP contribution >= 0.6 is 0 Å². The zero-order valence-electron chi connectivity index (χ0n) is 18.6. The maximum atomic E-state index is 12.6. The highest BCUT2D eigenvalue weighted by Crippen LogP contribution is 2.30. The van der Waals surface area contributed by atoms with Crippen LogP contribution in [0.15, 0.2) is 18.2 Å². The number of benzene rings is 1. The predicted molar refractivity (Wildman–Crippen MR) is 115 cm³/mol. The third kappa shape index (κ3) is 4.42. The van der Waals surface area contributed by atoms with E-state index in [4.69, 9.17) is 9.47 Å². The number of amides is 2. The normalized spacial score (nSPS) is 12.5. The van der Waals surface area contributed by atoms with Crippen LogP contribution in [-0.2, 0) is 14.3 Å². The quantitative estimate of drug-likeness (QED) is 0.189. The number of hydrogen-bond donors (Lipinski definition) is 1. The van der Waals surface area contributed by atoms with E-state index >= 15 is 0 Å². The van der Waals surface area contributed by atoms with Gasteiger partial charge in [0, 0.05) is 24.0 Å². The van der Waals surface area contributed by atoms with Crippen molar-refractivity contribution in [2.45, 2.75) is 27.2 Å². The second-order valence-electron chi connectivity index (χ2n) is 7.40. The van der Waals surface area contributed by atoms with E-state index in [0.717, 1.165) is 11.0 Å². The first-order chi connectivity index (χ1) is 16.1. The molecule has 0 saturated carbocycles. The fourth-order valence-electron chi connectivity index (χ4n) is 3.75. The number of carbonyl (C=O) groups is 5. The van der Waals surface area contributed by atoms with E-state index in [1.807, 2.05) is 0 Å². The number of nitro benzene ring substituents is 1. The van der Waals surface area contributed by atoms with Crippen LogP contribution in [0.25, 0.3) is 0 Å². The lowest BCUT2D eigenvalue weighted by Gasteiger charge is -2.13. The molecule has 2 heterocycles. The van der Waals surface area contributed by atoms with E-state index < -0.39 is 53.2 Å². The first-order valence-electron chi connectivity index (χ1n) is 10.3. The molecule has 1 aliphatic heterocycles. The molecule has 0 atom stereocenters. The van der Waals surface area contributed by atoms with Gasteiger partial charge in [-0.3, -0.25) is 34.2 Å². The molecule has 34 heavy (non-hydrogen) atoms. The summed E-state index contributed by atoms with van der Waals surface area (Å²) in [6.07, 6.45) is -0.428. The topological polar surface area (TPSA) is 166 Å². The predicted octanol–water partition coefficient (Wildman–Crippen LogP) is 2.13. The molecule has 12 nitrogen and oxygen atoms in total. The van der Waals surface area contributed by atoms with Crippen LogP contribution in [0.1, 0.15) is 66.2 Å². The molecular formula is C22H21N3O9. The van der Waals surface area contributed by atoms with Gasteiger partial charge in [0.1, 0.15) is 5.56 Å². The molecule has 0 spiro atoms. The van der Waals surface area contributed by atoms with E-state index in [1.165, 1.54) is 12.1 Å². The summed E-state index contributed by atoms with van der Waals surface area (Å²) in [6.45, 7) is 3.89. The average Bonchev–Trinajstić information content (AvgIpc) is 3.22. The van der Waals surface area contributed by atoms with Gasteiger partial charge in [0.15, 0.2) is 6.61 Å². The number of rotatable bonds is 9. The number of esters is 2. The number of H-pyrrole nitrogens is 1. The van der Waals surface area contributed by atoms with Gasteiger partial charge >= 0.3 is 11.9 Å². The molecule has 1 aromatic carbocycles. The number of hydrogen-bond acceptors (Lipinski definition) is 9. The molecule has 0 saturated heterocycles. The van der Waals surface area contributed by atoms with Crippen molar-refractivity contribution in [2.24, 2.45) is 0 Å². The summed E-state index contributed by atoms with van der Waals surface area (Å²) in [5, 5.41) is 11.2. The first-order valence-corrected chi connectivity index (χ1v) is 10.3. The summed E-state index contributed by atoms with van der Waals surface area (Å²) < 4.78 is 9.95. The summed E-state index contributed by atoms with van der Waals surface area (Å²) in [5.41, 5.74) is 0.0171. The molecule has 1 N–H and O–H groups in total. The Bertz CT molecular complexity index is 1230. The Hall–Kier alpha value is -4.35. The fraction of sp³-hybridized carbons (Fsp3) is 0.318. The second-order valence-corrected chi connectivity index (χ2v) is 7.40. The highest BCUT2D eigenvalue weighted by atomic mass is 16.6. The van der Waals surface area contributed by atoms with Crippen LogP contribution in [0.5, 0.6) is 0 Å². The van der Waals surface area contributed by atoms with Gasteiger partial charge in [0.2, 0.25) is 5.78 Å². The molecule has 0 fully saturated rings. The molecule has 3 rings (SSSR count). The second kappa shape index (κ2) is 9.65. The van der Waals surface area contributed by atoms with Gasteiger partial charge in [0.05, 0.1) is 34.6 Å².